The summed E-state index contributed by atoms with van der Waals surface area (Å²) in [4.78, 5) is 0. The van der Waals surface area contributed by atoms with Crippen LogP contribution in [0.3, 0.4) is 0 Å². The van der Waals surface area contributed by atoms with Gasteiger partial charge >= 0.3 is 0 Å². The molecule has 0 amide bonds. The van der Waals surface area contributed by atoms with Crippen molar-refractivity contribution in [1.29, 1.82) is 0 Å². The molecular formula is C17H28N4. The smallest absolute Gasteiger partial charge is 0.0394 e. The van der Waals surface area contributed by atoms with Crippen LogP contribution in [0.25, 0.3) is 0 Å². The SMILES string of the molecule is CC1=C(N)C(C)C(C)(N)C=C1.NCc1cccc(CN)c1. The van der Waals surface area contributed by atoms with Gasteiger partial charge < -0.3 is 22.9 Å². The second-order valence-corrected chi connectivity index (χ2v) is 5.79. The number of allylic oxidation sites excluding steroid dienone is 2. The Hall–Kier alpha value is -1.62. The van der Waals surface area contributed by atoms with E-state index < -0.39 is 0 Å². The molecule has 0 bridgehead atoms. The lowest BCUT2D eigenvalue weighted by Gasteiger charge is -2.32. The molecule has 2 atom stereocenters. The quantitative estimate of drug-likeness (QED) is 0.665. The summed E-state index contributed by atoms with van der Waals surface area (Å²) in [6.45, 7) is 7.25. The van der Waals surface area contributed by atoms with E-state index in [0.29, 0.717) is 13.1 Å². The molecule has 0 saturated carbocycles. The molecule has 0 heterocycles. The molecular weight excluding hydrogens is 260 g/mol. The van der Waals surface area contributed by atoms with Crippen molar-refractivity contribution in [2.24, 2.45) is 28.9 Å². The number of benzene rings is 1. The summed E-state index contributed by atoms with van der Waals surface area (Å²) in [5.41, 5.74) is 26.7. The Morgan fingerprint density at radius 2 is 1.67 bits per heavy atom. The second kappa shape index (κ2) is 7.41. The van der Waals surface area contributed by atoms with Crippen molar-refractivity contribution >= 4 is 0 Å². The minimum atomic E-state index is -0.274. The van der Waals surface area contributed by atoms with Crippen molar-refractivity contribution < 1.29 is 0 Å². The summed E-state index contributed by atoms with van der Waals surface area (Å²) in [7, 11) is 0. The fourth-order valence-electron chi connectivity index (χ4n) is 2.11. The Morgan fingerprint density at radius 1 is 1.14 bits per heavy atom. The maximum absolute atomic E-state index is 5.97. The van der Waals surface area contributed by atoms with E-state index in [1.165, 1.54) is 0 Å². The number of hydrogen-bond acceptors (Lipinski definition) is 4. The van der Waals surface area contributed by atoms with Gasteiger partial charge in [-0.15, -0.1) is 0 Å². The summed E-state index contributed by atoms with van der Waals surface area (Å²) in [6, 6.07) is 8.00. The molecule has 8 N–H and O–H groups in total. The van der Waals surface area contributed by atoms with Gasteiger partial charge in [-0.05, 0) is 30.5 Å². The molecule has 1 aliphatic rings. The highest BCUT2D eigenvalue weighted by Gasteiger charge is 2.28. The first-order valence-corrected chi connectivity index (χ1v) is 7.24. The van der Waals surface area contributed by atoms with Gasteiger partial charge in [0, 0.05) is 30.2 Å². The van der Waals surface area contributed by atoms with Crippen LogP contribution < -0.4 is 22.9 Å². The third-order valence-corrected chi connectivity index (χ3v) is 4.01. The zero-order valence-electron chi connectivity index (χ0n) is 13.3. The molecule has 0 radical (unpaired) electrons. The van der Waals surface area contributed by atoms with Crippen LogP contribution in [-0.4, -0.2) is 5.54 Å². The van der Waals surface area contributed by atoms with Gasteiger partial charge in [-0.25, -0.2) is 0 Å². The fraction of sp³-hybridized carbons (Fsp3) is 0.412. The summed E-state index contributed by atoms with van der Waals surface area (Å²) in [5.74, 6) is 0.243. The topological polar surface area (TPSA) is 104 Å². The summed E-state index contributed by atoms with van der Waals surface area (Å²) in [6.07, 6.45) is 4.01. The first kappa shape index (κ1) is 17.4. The van der Waals surface area contributed by atoms with E-state index in [4.69, 9.17) is 22.9 Å². The van der Waals surface area contributed by atoms with E-state index in [1.54, 1.807) is 0 Å². The van der Waals surface area contributed by atoms with Gasteiger partial charge in [0.2, 0.25) is 0 Å². The van der Waals surface area contributed by atoms with E-state index in [2.05, 4.69) is 6.92 Å². The zero-order valence-corrected chi connectivity index (χ0v) is 13.3. The summed E-state index contributed by atoms with van der Waals surface area (Å²) < 4.78 is 0. The summed E-state index contributed by atoms with van der Waals surface area (Å²) in [5, 5.41) is 0. The molecule has 0 saturated heterocycles. The molecule has 0 aromatic heterocycles. The molecule has 116 valence electrons. The molecule has 1 aliphatic carbocycles. The van der Waals surface area contributed by atoms with Gasteiger partial charge in [0.15, 0.2) is 0 Å². The van der Waals surface area contributed by atoms with Crippen LogP contribution >= 0.6 is 0 Å². The standard InChI is InChI=1S/C9H16N2.C8H12N2/c1-6-4-5-9(3,11)7(2)8(6)10;9-5-7-2-1-3-8(4-7)6-10/h4-5,7H,10-11H2,1-3H3;1-4H,5-6,9-10H2. The van der Waals surface area contributed by atoms with Crippen molar-refractivity contribution in [3.8, 4) is 0 Å². The predicted molar refractivity (Wildman–Crippen MR) is 90.0 cm³/mol. The molecule has 1 aromatic rings. The van der Waals surface area contributed by atoms with E-state index in [0.717, 1.165) is 22.4 Å². The molecule has 1 aromatic carbocycles. The van der Waals surface area contributed by atoms with Crippen LogP contribution in [0.15, 0.2) is 47.7 Å². The highest BCUT2D eigenvalue weighted by atomic mass is 14.8. The number of hydrogen-bond donors (Lipinski definition) is 4. The average Bonchev–Trinajstić information content (AvgIpc) is 2.50. The van der Waals surface area contributed by atoms with Gasteiger partial charge in [0.1, 0.15) is 0 Å². The maximum atomic E-state index is 5.97. The van der Waals surface area contributed by atoms with Crippen LogP contribution in [0.4, 0.5) is 0 Å². The lowest BCUT2D eigenvalue weighted by molar-refractivity contribution is 0.428. The second-order valence-electron chi connectivity index (χ2n) is 5.79. The fourth-order valence-corrected chi connectivity index (χ4v) is 2.11. The normalized spacial score (nSPS) is 24.6. The third kappa shape index (κ3) is 4.70. The van der Waals surface area contributed by atoms with Crippen LogP contribution in [0, 0.1) is 5.92 Å². The molecule has 2 unspecified atom stereocenters. The number of rotatable bonds is 2. The largest absolute Gasteiger partial charge is 0.402 e. The van der Waals surface area contributed by atoms with Crippen LogP contribution in [0.5, 0.6) is 0 Å². The zero-order chi connectivity index (χ0) is 16.0. The van der Waals surface area contributed by atoms with Crippen molar-refractivity contribution in [2.75, 3.05) is 0 Å². The third-order valence-electron chi connectivity index (χ3n) is 4.01. The predicted octanol–water partition coefficient (Wildman–Crippen LogP) is 1.75. The van der Waals surface area contributed by atoms with E-state index in [-0.39, 0.29) is 11.5 Å². The molecule has 0 aliphatic heterocycles. The minimum absolute atomic E-state index is 0.243. The molecule has 0 fully saturated rings. The Kier molecular flexibility index (Phi) is 6.15. The lowest BCUT2D eigenvalue weighted by atomic mass is 9.80. The first-order valence-electron chi connectivity index (χ1n) is 7.24. The molecule has 4 nitrogen and oxygen atoms in total. The minimum Gasteiger partial charge on any atom is -0.402 e. The van der Waals surface area contributed by atoms with Crippen LogP contribution in [0.2, 0.25) is 0 Å². The Bertz CT molecular complexity index is 510. The van der Waals surface area contributed by atoms with E-state index in [1.807, 2.05) is 50.3 Å². The van der Waals surface area contributed by atoms with E-state index >= 15 is 0 Å². The maximum Gasteiger partial charge on any atom is 0.0394 e. The summed E-state index contributed by atoms with van der Waals surface area (Å²) >= 11 is 0. The number of nitrogens with two attached hydrogens (primary N) is 4. The van der Waals surface area contributed by atoms with Gasteiger partial charge in [-0.3, -0.25) is 0 Å². The van der Waals surface area contributed by atoms with Crippen molar-refractivity contribution in [1.82, 2.24) is 0 Å². The van der Waals surface area contributed by atoms with Crippen LogP contribution in [0.1, 0.15) is 31.9 Å². The molecule has 21 heavy (non-hydrogen) atoms. The molecule has 2 rings (SSSR count). The van der Waals surface area contributed by atoms with Gasteiger partial charge in [0.25, 0.3) is 0 Å². The van der Waals surface area contributed by atoms with Crippen molar-refractivity contribution in [3.63, 3.8) is 0 Å². The molecule has 4 heteroatoms. The van der Waals surface area contributed by atoms with Gasteiger partial charge in [0.05, 0.1) is 0 Å². The first-order chi connectivity index (χ1) is 9.81. The average molecular weight is 288 g/mol. The monoisotopic (exact) mass is 288 g/mol. The van der Waals surface area contributed by atoms with Crippen molar-refractivity contribution in [2.45, 2.75) is 39.4 Å². The lowest BCUT2D eigenvalue weighted by Crippen LogP contribution is -2.44. The van der Waals surface area contributed by atoms with Crippen LogP contribution in [-0.2, 0) is 13.1 Å². The Morgan fingerprint density at radius 3 is 2.10 bits per heavy atom. The Balaban J connectivity index is 0.000000211. The highest BCUT2D eigenvalue weighted by Crippen LogP contribution is 2.27. The van der Waals surface area contributed by atoms with Gasteiger partial charge in [-0.1, -0.05) is 43.3 Å². The Labute approximate surface area is 127 Å². The van der Waals surface area contributed by atoms with Gasteiger partial charge in [-0.2, -0.15) is 0 Å². The highest BCUT2D eigenvalue weighted by molar-refractivity contribution is 5.33. The van der Waals surface area contributed by atoms with E-state index in [9.17, 15) is 0 Å². The van der Waals surface area contributed by atoms with Crippen molar-refractivity contribution in [3.05, 3.63) is 58.8 Å². The molecule has 0 spiro atoms.